The Bertz CT molecular complexity index is 376. The second kappa shape index (κ2) is 6.56. The van der Waals surface area contributed by atoms with Crippen LogP contribution in [0.5, 0.6) is 0 Å². The zero-order valence-corrected chi connectivity index (χ0v) is 13.5. The molecule has 0 aliphatic heterocycles. The average Bonchev–Trinajstić information content (AvgIpc) is 2.74. The van der Waals surface area contributed by atoms with Crippen LogP contribution in [0.25, 0.3) is 0 Å². The molecule has 110 valence electrons. The van der Waals surface area contributed by atoms with Crippen LogP contribution >= 0.6 is 0 Å². The molecule has 3 heteroatoms. The van der Waals surface area contributed by atoms with Crippen molar-refractivity contribution in [3.05, 3.63) is 18.0 Å². The Kier molecular flexibility index (Phi) is 5.60. The molecular formula is C16H31N3. The molecule has 19 heavy (non-hydrogen) atoms. The number of nitrogens with zero attached hydrogens (tertiary/aromatic N) is 2. The van der Waals surface area contributed by atoms with Crippen molar-refractivity contribution in [1.29, 1.82) is 0 Å². The lowest BCUT2D eigenvalue weighted by atomic mass is 9.78. The quantitative estimate of drug-likeness (QED) is 0.850. The third kappa shape index (κ3) is 4.98. The third-order valence-corrected chi connectivity index (χ3v) is 4.31. The van der Waals surface area contributed by atoms with E-state index in [1.54, 1.807) is 0 Å². The molecule has 3 nitrogen and oxygen atoms in total. The van der Waals surface area contributed by atoms with Gasteiger partial charge in [0, 0.05) is 24.7 Å². The summed E-state index contributed by atoms with van der Waals surface area (Å²) in [5.74, 6) is 0.624. The van der Waals surface area contributed by atoms with Gasteiger partial charge in [-0.05, 0) is 37.2 Å². The van der Waals surface area contributed by atoms with E-state index in [0.29, 0.717) is 17.4 Å². The molecule has 0 amide bonds. The summed E-state index contributed by atoms with van der Waals surface area (Å²) >= 11 is 0. The van der Waals surface area contributed by atoms with Crippen molar-refractivity contribution in [2.45, 2.75) is 72.9 Å². The van der Waals surface area contributed by atoms with Crippen molar-refractivity contribution >= 4 is 0 Å². The summed E-state index contributed by atoms with van der Waals surface area (Å²) in [5, 5.41) is 4.63. The monoisotopic (exact) mass is 265 g/mol. The highest BCUT2D eigenvalue weighted by atomic mass is 15.3. The van der Waals surface area contributed by atoms with Gasteiger partial charge in [0.15, 0.2) is 0 Å². The van der Waals surface area contributed by atoms with E-state index in [4.69, 9.17) is 5.73 Å². The lowest BCUT2D eigenvalue weighted by molar-refractivity contribution is 0.232. The van der Waals surface area contributed by atoms with E-state index in [1.807, 2.05) is 0 Å². The normalized spacial score (nSPS) is 17.2. The zero-order valence-electron chi connectivity index (χ0n) is 13.5. The Labute approximate surface area is 118 Å². The highest BCUT2D eigenvalue weighted by molar-refractivity contribution is 5.02. The average molecular weight is 265 g/mol. The minimum absolute atomic E-state index is 0.203. The van der Waals surface area contributed by atoms with Gasteiger partial charge in [-0.15, -0.1) is 0 Å². The van der Waals surface area contributed by atoms with Crippen LogP contribution in [-0.4, -0.2) is 15.8 Å². The molecule has 0 saturated carbocycles. The number of hydrogen-bond donors (Lipinski definition) is 1. The molecule has 1 rings (SSSR count). The minimum Gasteiger partial charge on any atom is -0.327 e. The molecule has 3 unspecified atom stereocenters. The van der Waals surface area contributed by atoms with Crippen molar-refractivity contribution < 1.29 is 0 Å². The first kappa shape index (κ1) is 16.2. The van der Waals surface area contributed by atoms with Gasteiger partial charge in [0.05, 0.1) is 5.69 Å². The second-order valence-electron chi connectivity index (χ2n) is 7.01. The molecule has 2 N–H and O–H groups in total. The molecule has 0 radical (unpaired) electrons. The van der Waals surface area contributed by atoms with Crippen molar-refractivity contribution in [3.63, 3.8) is 0 Å². The van der Waals surface area contributed by atoms with E-state index in [-0.39, 0.29) is 6.04 Å². The predicted molar refractivity (Wildman–Crippen MR) is 82.1 cm³/mol. The predicted octanol–water partition coefficient (Wildman–Crippen LogP) is 3.80. The maximum atomic E-state index is 6.27. The summed E-state index contributed by atoms with van der Waals surface area (Å²) in [6.07, 6.45) is 5.11. The summed E-state index contributed by atoms with van der Waals surface area (Å²) < 4.78 is 2.05. The molecule has 1 aromatic heterocycles. The van der Waals surface area contributed by atoms with Gasteiger partial charge in [0.1, 0.15) is 0 Å². The van der Waals surface area contributed by atoms with Crippen LogP contribution in [0.3, 0.4) is 0 Å². The van der Waals surface area contributed by atoms with Crippen LogP contribution in [0, 0.1) is 11.3 Å². The molecule has 0 aliphatic carbocycles. The largest absolute Gasteiger partial charge is 0.327 e. The molecule has 3 atom stereocenters. The summed E-state index contributed by atoms with van der Waals surface area (Å²) in [6, 6.07) is 2.78. The van der Waals surface area contributed by atoms with Crippen molar-refractivity contribution in [3.8, 4) is 0 Å². The standard InChI is InChI=1S/C16H31N3/c1-7-13(3)19-9-8-15(18-19)11-14(17)10-12(2)16(4,5)6/h8-9,12-14H,7,10-11,17H2,1-6H3. The maximum Gasteiger partial charge on any atom is 0.0640 e. The van der Waals surface area contributed by atoms with E-state index in [9.17, 15) is 0 Å². The zero-order chi connectivity index (χ0) is 14.6. The molecule has 0 bridgehead atoms. The van der Waals surface area contributed by atoms with Gasteiger partial charge in [-0.2, -0.15) is 5.10 Å². The molecule has 1 heterocycles. The molecule has 1 aromatic rings. The Balaban J connectivity index is 2.53. The molecule has 0 aliphatic rings. The summed E-state index contributed by atoms with van der Waals surface area (Å²) in [5.41, 5.74) is 7.72. The number of hydrogen-bond acceptors (Lipinski definition) is 2. The van der Waals surface area contributed by atoms with Gasteiger partial charge < -0.3 is 5.73 Å². The Morgan fingerprint density at radius 2 is 1.95 bits per heavy atom. The molecular weight excluding hydrogens is 234 g/mol. The smallest absolute Gasteiger partial charge is 0.0640 e. The maximum absolute atomic E-state index is 6.27. The van der Waals surface area contributed by atoms with E-state index in [2.05, 4.69) is 63.6 Å². The first-order valence-electron chi connectivity index (χ1n) is 7.53. The van der Waals surface area contributed by atoms with Gasteiger partial charge >= 0.3 is 0 Å². The first-order chi connectivity index (χ1) is 8.74. The summed E-state index contributed by atoms with van der Waals surface area (Å²) in [4.78, 5) is 0. The lowest BCUT2D eigenvalue weighted by Crippen LogP contribution is -2.30. The van der Waals surface area contributed by atoms with Crippen LogP contribution in [0.2, 0.25) is 0 Å². The molecule has 0 saturated heterocycles. The first-order valence-corrected chi connectivity index (χ1v) is 7.53. The number of nitrogens with two attached hydrogens (primary N) is 1. The van der Waals surface area contributed by atoms with Crippen molar-refractivity contribution in [2.75, 3.05) is 0 Å². The molecule has 0 aromatic carbocycles. The fourth-order valence-corrected chi connectivity index (χ4v) is 2.08. The fourth-order valence-electron chi connectivity index (χ4n) is 2.08. The van der Waals surface area contributed by atoms with Gasteiger partial charge in [0.2, 0.25) is 0 Å². The Morgan fingerprint density at radius 3 is 2.47 bits per heavy atom. The number of rotatable bonds is 6. The van der Waals surface area contributed by atoms with Gasteiger partial charge in [-0.3, -0.25) is 4.68 Å². The SMILES string of the molecule is CCC(C)n1ccc(CC(N)CC(C)C(C)(C)C)n1. The van der Waals surface area contributed by atoms with Crippen LogP contribution in [-0.2, 0) is 6.42 Å². The van der Waals surface area contributed by atoms with Crippen LogP contribution in [0.4, 0.5) is 0 Å². The fraction of sp³-hybridized carbons (Fsp3) is 0.812. The van der Waals surface area contributed by atoms with Crippen molar-refractivity contribution in [1.82, 2.24) is 9.78 Å². The van der Waals surface area contributed by atoms with Gasteiger partial charge in [0.25, 0.3) is 0 Å². The van der Waals surface area contributed by atoms with E-state index in [1.165, 1.54) is 0 Å². The van der Waals surface area contributed by atoms with Crippen LogP contribution < -0.4 is 5.73 Å². The van der Waals surface area contributed by atoms with E-state index in [0.717, 1.165) is 25.0 Å². The highest BCUT2D eigenvalue weighted by Crippen LogP contribution is 2.29. The van der Waals surface area contributed by atoms with Crippen LogP contribution in [0.15, 0.2) is 12.3 Å². The van der Waals surface area contributed by atoms with Gasteiger partial charge in [-0.25, -0.2) is 0 Å². The minimum atomic E-state index is 0.203. The van der Waals surface area contributed by atoms with Gasteiger partial charge in [-0.1, -0.05) is 34.6 Å². The Morgan fingerprint density at radius 1 is 1.32 bits per heavy atom. The molecule has 0 spiro atoms. The third-order valence-electron chi connectivity index (χ3n) is 4.31. The summed E-state index contributed by atoms with van der Waals surface area (Å²) in [6.45, 7) is 13.5. The lowest BCUT2D eigenvalue weighted by Gasteiger charge is -2.29. The Hall–Kier alpha value is -0.830. The summed E-state index contributed by atoms with van der Waals surface area (Å²) in [7, 11) is 0. The number of aromatic nitrogens is 2. The van der Waals surface area contributed by atoms with Crippen molar-refractivity contribution in [2.24, 2.45) is 17.1 Å². The second-order valence-corrected chi connectivity index (χ2v) is 7.01. The van der Waals surface area contributed by atoms with E-state index < -0.39 is 0 Å². The van der Waals surface area contributed by atoms with E-state index >= 15 is 0 Å². The van der Waals surface area contributed by atoms with Crippen LogP contribution in [0.1, 0.15) is 66.1 Å². The highest BCUT2D eigenvalue weighted by Gasteiger charge is 2.22. The topological polar surface area (TPSA) is 43.8 Å². The molecule has 0 fully saturated rings.